The standard InChI is InChI=1S/C21H20N4O5/c26-20(14-3-4-16-18(12-14)30-13-29-16)23-19-5-8-22-25(19)15-6-9-24(10-7-15)21(27)17-2-1-11-28-17/h1-5,8,11-12,15H,6-7,9-10,13H2,(H,23,26). The highest BCUT2D eigenvalue weighted by Gasteiger charge is 2.27. The van der Waals surface area contributed by atoms with E-state index in [0.29, 0.717) is 41.7 Å². The van der Waals surface area contributed by atoms with Crippen LogP contribution >= 0.6 is 0 Å². The van der Waals surface area contributed by atoms with Gasteiger partial charge in [-0.25, -0.2) is 4.68 Å². The quantitative estimate of drug-likeness (QED) is 0.713. The number of ether oxygens (including phenoxy) is 2. The van der Waals surface area contributed by atoms with Crippen LogP contribution in [0.3, 0.4) is 0 Å². The molecule has 3 aromatic rings. The monoisotopic (exact) mass is 408 g/mol. The van der Waals surface area contributed by atoms with Crippen LogP contribution in [0.5, 0.6) is 11.5 Å². The van der Waals surface area contributed by atoms with E-state index in [1.54, 1.807) is 47.5 Å². The lowest BCUT2D eigenvalue weighted by atomic mass is 10.0. The Morgan fingerprint density at radius 1 is 1.07 bits per heavy atom. The van der Waals surface area contributed by atoms with Crippen LogP contribution in [0, 0.1) is 0 Å². The largest absolute Gasteiger partial charge is 0.459 e. The first-order valence-electron chi connectivity index (χ1n) is 9.76. The Bertz CT molecular complexity index is 1070. The fourth-order valence-corrected chi connectivity index (χ4v) is 3.80. The average Bonchev–Trinajstić information content (AvgIpc) is 3.54. The number of carbonyl (C=O) groups is 2. The zero-order valence-corrected chi connectivity index (χ0v) is 16.1. The van der Waals surface area contributed by atoms with Crippen molar-refractivity contribution >= 4 is 17.6 Å². The second kappa shape index (κ2) is 7.58. The van der Waals surface area contributed by atoms with Crippen LogP contribution in [0.25, 0.3) is 0 Å². The van der Waals surface area contributed by atoms with Crippen molar-refractivity contribution in [3.63, 3.8) is 0 Å². The molecule has 2 aliphatic rings. The van der Waals surface area contributed by atoms with Gasteiger partial charge in [0.1, 0.15) is 5.82 Å². The Labute approximate surface area is 172 Å². The van der Waals surface area contributed by atoms with Gasteiger partial charge < -0.3 is 24.1 Å². The fraction of sp³-hybridized carbons (Fsp3) is 0.286. The summed E-state index contributed by atoms with van der Waals surface area (Å²) in [5.74, 6) is 1.81. The smallest absolute Gasteiger partial charge is 0.289 e. The summed E-state index contributed by atoms with van der Waals surface area (Å²) >= 11 is 0. The van der Waals surface area contributed by atoms with Crippen LogP contribution in [-0.2, 0) is 0 Å². The van der Waals surface area contributed by atoms with Gasteiger partial charge in [0.2, 0.25) is 6.79 Å². The number of likely N-dealkylation sites (tertiary alicyclic amines) is 1. The number of fused-ring (bicyclic) bond motifs is 1. The number of amides is 2. The molecule has 1 saturated heterocycles. The lowest BCUT2D eigenvalue weighted by Crippen LogP contribution is -2.39. The van der Waals surface area contributed by atoms with Gasteiger partial charge in [0.05, 0.1) is 18.5 Å². The topological polar surface area (TPSA) is 98.8 Å². The SMILES string of the molecule is O=C(Nc1ccnn1C1CCN(C(=O)c2ccco2)CC1)c1ccc2c(c1)OCO2. The second-order valence-corrected chi connectivity index (χ2v) is 7.18. The maximum atomic E-state index is 12.7. The summed E-state index contributed by atoms with van der Waals surface area (Å²) in [6, 6.07) is 10.3. The van der Waals surface area contributed by atoms with Gasteiger partial charge in [0.15, 0.2) is 17.3 Å². The molecule has 30 heavy (non-hydrogen) atoms. The minimum absolute atomic E-state index is 0.0905. The second-order valence-electron chi connectivity index (χ2n) is 7.18. The normalized spacial score (nSPS) is 15.9. The third-order valence-electron chi connectivity index (χ3n) is 5.38. The molecule has 0 spiro atoms. The predicted octanol–water partition coefficient (Wildman–Crippen LogP) is 2.93. The van der Waals surface area contributed by atoms with Crippen LogP contribution in [0.4, 0.5) is 5.82 Å². The molecule has 0 saturated carbocycles. The number of carbonyl (C=O) groups excluding carboxylic acids is 2. The maximum Gasteiger partial charge on any atom is 0.289 e. The molecular formula is C21H20N4O5. The lowest BCUT2D eigenvalue weighted by Gasteiger charge is -2.32. The van der Waals surface area contributed by atoms with E-state index < -0.39 is 0 Å². The molecule has 9 heteroatoms. The van der Waals surface area contributed by atoms with Crippen molar-refractivity contribution in [3.8, 4) is 11.5 Å². The number of anilines is 1. The van der Waals surface area contributed by atoms with E-state index in [9.17, 15) is 9.59 Å². The van der Waals surface area contributed by atoms with Gasteiger partial charge in [-0.15, -0.1) is 0 Å². The average molecular weight is 408 g/mol. The molecule has 2 aromatic heterocycles. The molecule has 0 aliphatic carbocycles. The number of benzene rings is 1. The number of rotatable bonds is 4. The van der Waals surface area contributed by atoms with Gasteiger partial charge >= 0.3 is 0 Å². The zero-order valence-electron chi connectivity index (χ0n) is 16.1. The van der Waals surface area contributed by atoms with Gasteiger partial charge in [-0.05, 0) is 43.2 Å². The molecule has 154 valence electrons. The van der Waals surface area contributed by atoms with Crippen molar-refractivity contribution < 1.29 is 23.5 Å². The molecule has 1 fully saturated rings. The maximum absolute atomic E-state index is 12.7. The Morgan fingerprint density at radius 2 is 1.90 bits per heavy atom. The third kappa shape index (κ3) is 3.38. The van der Waals surface area contributed by atoms with Crippen molar-refractivity contribution in [2.75, 3.05) is 25.2 Å². The summed E-state index contributed by atoms with van der Waals surface area (Å²) in [7, 11) is 0. The van der Waals surface area contributed by atoms with Crippen LogP contribution in [0.15, 0.2) is 53.3 Å². The highest BCUT2D eigenvalue weighted by Crippen LogP contribution is 2.33. The van der Waals surface area contributed by atoms with Crippen molar-refractivity contribution in [1.29, 1.82) is 0 Å². The highest BCUT2D eigenvalue weighted by molar-refractivity contribution is 6.04. The molecular weight excluding hydrogens is 388 g/mol. The van der Waals surface area contributed by atoms with Crippen molar-refractivity contribution in [1.82, 2.24) is 14.7 Å². The Morgan fingerprint density at radius 3 is 2.70 bits per heavy atom. The number of nitrogens with one attached hydrogen (secondary N) is 1. The first kappa shape index (κ1) is 18.3. The van der Waals surface area contributed by atoms with Crippen LogP contribution in [-0.4, -0.2) is 46.4 Å². The summed E-state index contributed by atoms with van der Waals surface area (Å²) in [6.07, 6.45) is 4.64. The third-order valence-corrected chi connectivity index (χ3v) is 5.38. The van der Waals surface area contributed by atoms with E-state index in [-0.39, 0.29) is 24.6 Å². The zero-order chi connectivity index (χ0) is 20.5. The van der Waals surface area contributed by atoms with Gasteiger partial charge in [-0.1, -0.05) is 0 Å². The molecule has 1 N–H and O–H groups in total. The highest BCUT2D eigenvalue weighted by atomic mass is 16.7. The lowest BCUT2D eigenvalue weighted by molar-refractivity contribution is 0.0659. The molecule has 0 bridgehead atoms. The van der Waals surface area contributed by atoms with E-state index in [1.807, 2.05) is 4.68 Å². The number of hydrogen-bond donors (Lipinski definition) is 1. The number of piperidine rings is 1. The van der Waals surface area contributed by atoms with E-state index in [0.717, 1.165) is 12.8 Å². The molecule has 2 aliphatic heterocycles. The Hall–Kier alpha value is -3.75. The van der Waals surface area contributed by atoms with Crippen LogP contribution in [0.1, 0.15) is 39.8 Å². The van der Waals surface area contributed by atoms with E-state index in [2.05, 4.69) is 10.4 Å². The van der Waals surface area contributed by atoms with Crippen molar-refractivity contribution in [2.45, 2.75) is 18.9 Å². The first-order valence-corrected chi connectivity index (χ1v) is 9.76. The Kier molecular flexibility index (Phi) is 4.62. The molecule has 4 heterocycles. The molecule has 2 amide bonds. The fourth-order valence-electron chi connectivity index (χ4n) is 3.80. The Balaban J connectivity index is 1.24. The molecule has 5 rings (SSSR count). The minimum Gasteiger partial charge on any atom is -0.459 e. The molecule has 9 nitrogen and oxygen atoms in total. The number of nitrogens with zero attached hydrogens (tertiary/aromatic N) is 3. The summed E-state index contributed by atoms with van der Waals surface area (Å²) in [6.45, 7) is 1.35. The van der Waals surface area contributed by atoms with Crippen molar-refractivity contribution in [3.05, 3.63) is 60.2 Å². The number of furan rings is 1. The summed E-state index contributed by atoms with van der Waals surface area (Å²) in [5.41, 5.74) is 0.478. The predicted molar refractivity (Wildman–Crippen MR) is 106 cm³/mol. The van der Waals surface area contributed by atoms with Crippen LogP contribution in [0.2, 0.25) is 0 Å². The van der Waals surface area contributed by atoms with E-state index in [1.165, 1.54) is 6.26 Å². The summed E-state index contributed by atoms with van der Waals surface area (Å²) < 4.78 is 17.7. The molecule has 1 aromatic carbocycles. The van der Waals surface area contributed by atoms with Gasteiger partial charge in [0, 0.05) is 24.7 Å². The van der Waals surface area contributed by atoms with Gasteiger partial charge in [-0.3, -0.25) is 9.59 Å². The van der Waals surface area contributed by atoms with Crippen LogP contribution < -0.4 is 14.8 Å². The number of aromatic nitrogens is 2. The first-order chi connectivity index (χ1) is 14.7. The van der Waals surface area contributed by atoms with Gasteiger partial charge in [0.25, 0.3) is 11.8 Å². The summed E-state index contributed by atoms with van der Waals surface area (Å²) in [5, 5.41) is 7.32. The minimum atomic E-state index is -0.250. The number of hydrogen-bond acceptors (Lipinski definition) is 6. The van der Waals surface area contributed by atoms with Gasteiger partial charge in [-0.2, -0.15) is 5.10 Å². The van der Waals surface area contributed by atoms with Crippen molar-refractivity contribution in [2.24, 2.45) is 0 Å². The molecule has 0 radical (unpaired) electrons. The summed E-state index contributed by atoms with van der Waals surface area (Å²) in [4.78, 5) is 26.9. The van der Waals surface area contributed by atoms with E-state index >= 15 is 0 Å². The molecule has 0 unspecified atom stereocenters. The van der Waals surface area contributed by atoms with E-state index in [4.69, 9.17) is 13.9 Å². The molecule has 0 atom stereocenters.